The first-order valence-corrected chi connectivity index (χ1v) is 9.65. The first kappa shape index (κ1) is 18.7. The van der Waals surface area contributed by atoms with Gasteiger partial charge in [-0.05, 0) is 29.3 Å². The van der Waals surface area contributed by atoms with Gasteiger partial charge in [-0.2, -0.15) is 0 Å². The van der Waals surface area contributed by atoms with Crippen LogP contribution in [-0.2, 0) is 0 Å². The summed E-state index contributed by atoms with van der Waals surface area (Å²) in [7, 11) is 0. The van der Waals surface area contributed by atoms with E-state index in [0.717, 1.165) is 28.0 Å². The van der Waals surface area contributed by atoms with E-state index in [0.29, 0.717) is 24.2 Å². The maximum absolute atomic E-state index is 10.4. The molecule has 0 fully saturated rings. The van der Waals surface area contributed by atoms with Crippen LogP contribution in [0.1, 0.15) is 17.5 Å². The molecule has 4 nitrogen and oxygen atoms in total. The van der Waals surface area contributed by atoms with Crippen LogP contribution in [0.4, 0.5) is 0 Å². The molecule has 0 amide bonds. The molecule has 4 rings (SSSR count). The quantitative estimate of drug-likeness (QED) is 0.349. The van der Waals surface area contributed by atoms with Crippen LogP contribution in [0.15, 0.2) is 82.8 Å². The fourth-order valence-electron chi connectivity index (χ4n) is 3.33. The second-order valence-electron chi connectivity index (χ2n) is 6.87. The highest BCUT2D eigenvalue weighted by atomic mass is 16.3. The highest BCUT2D eigenvalue weighted by molar-refractivity contribution is 5.97. The molecular weight excluding hydrogens is 360 g/mol. The van der Waals surface area contributed by atoms with Crippen molar-refractivity contribution >= 4 is 34.0 Å². The van der Waals surface area contributed by atoms with Gasteiger partial charge in [0, 0.05) is 47.4 Å². The largest absolute Gasteiger partial charge is 0.507 e. The van der Waals surface area contributed by atoms with Crippen LogP contribution < -0.4 is 0 Å². The van der Waals surface area contributed by atoms with Crippen LogP contribution in [0.5, 0.6) is 11.5 Å². The fraction of sp³-hybridized carbons (Fsp3) is 0.120. The van der Waals surface area contributed by atoms with Crippen LogP contribution in [0.3, 0.4) is 0 Å². The lowest BCUT2D eigenvalue weighted by molar-refractivity contribution is 0.480. The summed E-state index contributed by atoms with van der Waals surface area (Å²) in [6.45, 7) is 1.24. The van der Waals surface area contributed by atoms with Crippen molar-refractivity contribution in [3.63, 3.8) is 0 Å². The molecule has 0 saturated heterocycles. The van der Waals surface area contributed by atoms with Crippen molar-refractivity contribution in [2.24, 2.45) is 9.98 Å². The Kier molecular flexibility index (Phi) is 5.52. The zero-order chi connectivity index (χ0) is 20.1. The topological polar surface area (TPSA) is 65.2 Å². The van der Waals surface area contributed by atoms with E-state index >= 15 is 0 Å². The number of rotatable bonds is 6. The predicted molar refractivity (Wildman–Crippen MR) is 121 cm³/mol. The van der Waals surface area contributed by atoms with Crippen LogP contribution in [0.2, 0.25) is 0 Å². The lowest BCUT2D eigenvalue weighted by Crippen LogP contribution is -1.91. The van der Waals surface area contributed by atoms with Crippen LogP contribution >= 0.6 is 0 Å². The Hall–Kier alpha value is -3.66. The number of aromatic hydroxyl groups is 2. The van der Waals surface area contributed by atoms with Gasteiger partial charge >= 0.3 is 0 Å². The molecule has 0 bridgehead atoms. The summed E-state index contributed by atoms with van der Waals surface area (Å²) in [6.07, 6.45) is 4.21. The summed E-state index contributed by atoms with van der Waals surface area (Å²) < 4.78 is 0. The van der Waals surface area contributed by atoms with Crippen LogP contribution in [0.25, 0.3) is 21.5 Å². The van der Waals surface area contributed by atoms with E-state index in [1.54, 1.807) is 12.4 Å². The van der Waals surface area contributed by atoms with Gasteiger partial charge in [-0.1, -0.05) is 60.7 Å². The molecule has 0 aliphatic rings. The zero-order valence-electron chi connectivity index (χ0n) is 16.0. The van der Waals surface area contributed by atoms with Gasteiger partial charge in [-0.25, -0.2) is 0 Å². The Balaban J connectivity index is 1.33. The van der Waals surface area contributed by atoms with Crippen molar-refractivity contribution in [2.45, 2.75) is 6.42 Å². The van der Waals surface area contributed by atoms with Crippen molar-refractivity contribution in [1.29, 1.82) is 0 Å². The summed E-state index contributed by atoms with van der Waals surface area (Å²) in [5, 5.41) is 24.4. The van der Waals surface area contributed by atoms with Gasteiger partial charge in [-0.15, -0.1) is 0 Å². The number of phenolic OH excluding ortho intramolecular Hbond substituents is 2. The maximum Gasteiger partial charge on any atom is 0.132 e. The summed E-state index contributed by atoms with van der Waals surface area (Å²) in [6, 6.07) is 23.2. The molecule has 29 heavy (non-hydrogen) atoms. The second-order valence-corrected chi connectivity index (χ2v) is 6.87. The standard InChI is InChI=1S/C25H22N2O2/c28-24-20(12-10-18-6-1-3-8-22(18)24)16-26-14-5-15-27-17-21-13-11-19-7-2-4-9-23(19)25(21)29/h1-4,6-13,16-17,28-29H,5,14-15H2. The average Bonchev–Trinajstić information content (AvgIpc) is 2.76. The van der Waals surface area contributed by atoms with Gasteiger partial charge in [-0.3, -0.25) is 9.98 Å². The smallest absolute Gasteiger partial charge is 0.132 e. The van der Waals surface area contributed by atoms with Gasteiger partial charge < -0.3 is 10.2 Å². The third-order valence-electron chi connectivity index (χ3n) is 4.90. The SMILES string of the molecule is Oc1c(C=NCCCN=Cc2ccc3ccccc3c2O)ccc2ccccc12. The van der Waals surface area contributed by atoms with Gasteiger partial charge in [0.1, 0.15) is 11.5 Å². The van der Waals surface area contributed by atoms with Crippen molar-refractivity contribution in [1.82, 2.24) is 0 Å². The Bertz CT molecular complexity index is 1120. The molecular formula is C25H22N2O2. The van der Waals surface area contributed by atoms with Crippen molar-refractivity contribution in [3.05, 3.63) is 83.9 Å². The van der Waals surface area contributed by atoms with E-state index < -0.39 is 0 Å². The summed E-state index contributed by atoms with van der Waals surface area (Å²) in [5.41, 5.74) is 1.43. The minimum atomic E-state index is 0.261. The molecule has 4 heteroatoms. The van der Waals surface area contributed by atoms with E-state index in [1.807, 2.05) is 72.8 Å². The van der Waals surface area contributed by atoms with Crippen molar-refractivity contribution < 1.29 is 10.2 Å². The highest BCUT2D eigenvalue weighted by Crippen LogP contribution is 2.28. The van der Waals surface area contributed by atoms with E-state index in [2.05, 4.69) is 9.98 Å². The highest BCUT2D eigenvalue weighted by Gasteiger charge is 2.04. The number of hydrogen-bond donors (Lipinski definition) is 2. The second kappa shape index (κ2) is 8.57. The summed E-state index contributed by atoms with van der Waals surface area (Å²) in [4.78, 5) is 8.81. The summed E-state index contributed by atoms with van der Waals surface area (Å²) >= 11 is 0. The molecule has 0 atom stereocenters. The Morgan fingerprint density at radius 1 is 0.586 bits per heavy atom. The number of phenols is 2. The van der Waals surface area contributed by atoms with Crippen LogP contribution in [0, 0.1) is 0 Å². The Labute approximate surface area is 169 Å². The molecule has 0 heterocycles. The minimum absolute atomic E-state index is 0.261. The first-order valence-electron chi connectivity index (χ1n) is 9.65. The molecule has 0 radical (unpaired) electrons. The number of fused-ring (bicyclic) bond motifs is 2. The molecule has 4 aromatic carbocycles. The zero-order valence-corrected chi connectivity index (χ0v) is 16.0. The molecule has 0 aliphatic carbocycles. The number of aliphatic imine (C=N–C) groups is 2. The third-order valence-corrected chi connectivity index (χ3v) is 4.90. The van der Waals surface area contributed by atoms with E-state index in [1.165, 1.54) is 0 Å². The molecule has 0 saturated carbocycles. The number of nitrogens with zero attached hydrogens (tertiary/aromatic N) is 2. The normalized spacial score (nSPS) is 11.9. The monoisotopic (exact) mass is 382 g/mol. The average molecular weight is 382 g/mol. The molecule has 0 aromatic heterocycles. The van der Waals surface area contributed by atoms with Gasteiger partial charge in [0.25, 0.3) is 0 Å². The van der Waals surface area contributed by atoms with Gasteiger partial charge in [0.2, 0.25) is 0 Å². The van der Waals surface area contributed by atoms with Gasteiger partial charge in [0.15, 0.2) is 0 Å². The van der Waals surface area contributed by atoms with E-state index in [4.69, 9.17) is 0 Å². The minimum Gasteiger partial charge on any atom is -0.507 e. The van der Waals surface area contributed by atoms with E-state index in [-0.39, 0.29) is 11.5 Å². The number of hydrogen-bond acceptors (Lipinski definition) is 4. The third kappa shape index (κ3) is 4.11. The lowest BCUT2D eigenvalue weighted by Gasteiger charge is -2.04. The van der Waals surface area contributed by atoms with E-state index in [9.17, 15) is 10.2 Å². The van der Waals surface area contributed by atoms with Crippen LogP contribution in [-0.4, -0.2) is 35.7 Å². The Morgan fingerprint density at radius 2 is 1.03 bits per heavy atom. The predicted octanol–water partition coefficient (Wildman–Crippen LogP) is 5.33. The molecule has 2 N–H and O–H groups in total. The molecule has 0 unspecified atom stereocenters. The maximum atomic E-state index is 10.4. The molecule has 0 aliphatic heterocycles. The van der Waals surface area contributed by atoms with Gasteiger partial charge in [0.05, 0.1) is 0 Å². The lowest BCUT2D eigenvalue weighted by atomic mass is 10.1. The molecule has 144 valence electrons. The number of benzene rings is 4. The first-order chi connectivity index (χ1) is 14.2. The summed E-state index contributed by atoms with van der Waals surface area (Å²) in [5.74, 6) is 0.522. The fourth-order valence-corrected chi connectivity index (χ4v) is 3.33. The van der Waals surface area contributed by atoms with Crippen molar-refractivity contribution in [3.8, 4) is 11.5 Å². The molecule has 4 aromatic rings. The Morgan fingerprint density at radius 3 is 1.52 bits per heavy atom. The van der Waals surface area contributed by atoms with Crippen molar-refractivity contribution in [2.75, 3.05) is 13.1 Å². The molecule has 0 spiro atoms.